The number of amides is 1. The average Bonchev–Trinajstić information content (AvgIpc) is 2.53. The van der Waals surface area contributed by atoms with Crippen LogP contribution in [0.2, 0.25) is 5.02 Å². The van der Waals surface area contributed by atoms with Crippen LogP contribution in [0.25, 0.3) is 6.08 Å². The van der Waals surface area contributed by atoms with E-state index in [1.54, 1.807) is 18.2 Å². The molecule has 2 aromatic carbocycles. The van der Waals surface area contributed by atoms with Crippen LogP contribution in [0.1, 0.15) is 11.1 Å². The Morgan fingerprint density at radius 2 is 1.74 bits per heavy atom. The Bertz CT molecular complexity index is 661. The first-order valence-corrected chi connectivity index (χ1v) is 7.89. The molecule has 0 fully saturated rings. The quantitative estimate of drug-likeness (QED) is 0.810. The maximum atomic E-state index is 11.9. The van der Waals surface area contributed by atoms with Crippen molar-refractivity contribution in [1.29, 1.82) is 0 Å². The van der Waals surface area contributed by atoms with Gasteiger partial charge in [0, 0.05) is 23.3 Å². The Morgan fingerprint density at radius 1 is 1.09 bits per heavy atom. The maximum Gasteiger partial charge on any atom is 0.248 e. The van der Waals surface area contributed by atoms with Gasteiger partial charge in [-0.3, -0.25) is 4.79 Å². The fourth-order valence-electron chi connectivity index (χ4n) is 2.04. The molecule has 0 unspecified atom stereocenters. The summed E-state index contributed by atoms with van der Waals surface area (Å²) >= 11 is 5.83. The molecule has 0 saturated heterocycles. The lowest BCUT2D eigenvalue weighted by atomic mass is 10.1. The van der Waals surface area contributed by atoms with E-state index in [0.717, 1.165) is 24.2 Å². The van der Waals surface area contributed by atoms with Gasteiger partial charge < -0.3 is 10.2 Å². The van der Waals surface area contributed by atoms with Crippen molar-refractivity contribution >= 4 is 29.3 Å². The standard InChI is InChI=1S/C19H21ClN2O/c1-22(2)14-13-16-5-10-18(11-6-16)21-19(23)12-7-15-3-8-17(20)9-4-15/h3-12H,13-14H2,1-2H3,(H,21,23)/b12-7+. The minimum atomic E-state index is -0.152. The lowest BCUT2D eigenvalue weighted by molar-refractivity contribution is -0.111. The van der Waals surface area contributed by atoms with Crippen molar-refractivity contribution in [3.63, 3.8) is 0 Å². The Morgan fingerprint density at radius 3 is 2.35 bits per heavy atom. The predicted octanol–water partition coefficient (Wildman–Crippen LogP) is 4.10. The fourth-order valence-corrected chi connectivity index (χ4v) is 2.16. The molecule has 0 radical (unpaired) electrons. The van der Waals surface area contributed by atoms with Crippen LogP contribution in [0.15, 0.2) is 54.6 Å². The number of carbonyl (C=O) groups is 1. The van der Waals surface area contributed by atoms with Gasteiger partial charge >= 0.3 is 0 Å². The summed E-state index contributed by atoms with van der Waals surface area (Å²) in [4.78, 5) is 14.1. The lowest BCUT2D eigenvalue weighted by Crippen LogP contribution is -2.15. The van der Waals surface area contributed by atoms with Gasteiger partial charge in [0.05, 0.1) is 0 Å². The summed E-state index contributed by atoms with van der Waals surface area (Å²) in [5.74, 6) is -0.152. The van der Waals surface area contributed by atoms with Gasteiger partial charge in [0.1, 0.15) is 0 Å². The van der Waals surface area contributed by atoms with Crippen molar-refractivity contribution in [3.05, 3.63) is 70.8 Å². The summed E-state index contributed by atoms with van der Waals surface area (Å²) in [5, 5.41) is 3.53. The minimum Gasteiger partial charge on any atom is -0.323 e. The average molecular weight is 329 g/mol. The molecule has 0 saturated carbocycles. The van der Waals surface area contributed by atoms with Crippen molar-refractivity contribution in [2.24, 2.45) is 0 Å². The number of nitrogens with one attached hydrogen (secondary N) is 1. The Labute approximate surface area is 142 Å². The van der Waals surface area contributed by atoms with Gasteiger partial charge in [-0.25, -0.2) is 0 Å². The summed E-state index contributed by atoms with van der Waals surface area (Å²) in [6.07, 6.45) is 4.28. The predicted molar refractivity (Wildman–Crippen MR) is 97.8 cm³/mol. The van der Waals surface area contributed by atoms with Crippen LogP contribution in [0.5, 0.6) is 0 Å². The molecule has 23 heavy (non-hydrogen) atoms. The highest BCUT2D eigenvalue weighted by Crippen LogP contribution is 2.12. The highest BCUT2D eigenvalue weighted by atomic mass is 35.5. The second-order valence-corrected chi connectivity index (χ2v) is 6.06. The van der Waals surface area contributed by atoms with E-state index in [0.29, 0.717) is 5.02 Å². The normalized spacial score (nSPS) is 11.1. The first-order valence-electron chi connectivity index (χ1n) is 7.51. The van der Waals surface area contributed by atoms with Crippen LogP contribution in [0.4, 0.5) is 5.69 Å². The second kappa shape index (κ2) is 8.51. The molecule has 2 rings (SSSR count). The summed E-state index contributed by atoms with van der Waals surface area (Å²) in [6, 6.07) is 15.3. The smallest absolute Gasteiger partial charge is 0.248 e. The van der Waals surface area contributed by atoms with E-state index >= 15 is 0 Å². The molecule has 0 aliphatic heterocycles. The lowest BCUT2D eigenvalue weighted by Gasteiger charge is -2.09. The first-order chi connectivity index (χ1) is 11.0. The monoisotopic (exact) mass is 328 g/mol. The van der Waals surface area contributed by atoms with Crippen LogP contribution in [-0.2, 0) is 11.2 Å². The van der Waals surface area contributed by atoms with E-state index in [9.17, 15) is 4.79 Å². The van der Waals surface area contributed by atoms with Crippen LogP contribution in [0.3, 0.4) is 0 Å². The molecule has 0 spiro atoms. The molecule has 1 amide bonds. The van der Waals surface area contributed by atoms with Crippen LogP contribution >= 0.6 is 11.6 Å². The molecular formula is C19H21ClN2O. The van der Waals surface area contributed by atoms with Crippen LogP contribution in [-0.4, -0.2) is 31.4 Å². The SMILES string of the molecule is CN(C)CCc1ccc(NC(=O)/C=C/c2ccc(Cl)cc2)cc1. The molecule has 0 aromatic heterocycles. The minimum absolute atomic E-state index is 0.152. The number of hydrogen-bond acceptors (Lipinski definition) is 2. The fraction of sp³-hybridized carbons (Fsp3) is 0.211. The number of anilines is 1. The zero-order valence-corrected chi connectivity index (χ0v) is 14.2. The topological polar surface area (TPSA) is 32.3 Å². The van der Waals surface area contributed by atoms with Crippen molar-refractivity contribution in [2.75, 3.05) is 26.0 Å². The van der Waals surface area contributed by atoms with Gasteiger partial charge in [-0.05, 0) is 62.0 Å². The number of carbonyl (C=O) groups excluding carboxylic acids is 1. The second-order valence-electron chi connectivity index (χ2n) is 5.62. The third-order valence-corrected chi connectivity index (χ3v) is 3.62. The summed E-state index contributed by atoms with van der Waals surface area (Å²) in [5.41, 5.74) is 2.99. The number of likely N-dealkylation sites (N-methyl/N-ethyl adjacent to an activating group) is 1. The highest BCUT2D eigenvalue weighted by Gasteiger charge is 1.99. The molecule has 3 nitrogen and oxygen atoms in total. The van der Waals surface area contributed by atoms with E-state index in [1.807, 2.05) is 36.4 Å². The van der Waals surface area contributed by atoms with Gasteiger partial charge in [-0.15, -0.1) is 0 Å². The zero-order chi connectivity index (χ0) is 16.7. The van der Waals surface area contributed by atoms with Gasteiger partial charge in [0.25, 0.3) is 0 Å². The number of halogens is 1. The number of nitrogens with zero attached hydrogens (tertiary/aromatic N) is 1. The van der Waals surface area contributed by atoms with Crippen LogP contribution in [0, 0.1) is 0 Å². The Kier molecular flexibility index (Phi) is 6.39. The number of rotatable bonds is 6. The number of hydrogen-bond donors (Lipinski definition) is 1. The molecule has 0 heterocycles. The zero-order valence-electron chi connectivity index (χ0n) is 13.4. The van der Waals surface area contributed by atoms with Crippen LogP contribution < -0.4 is 5.32 Å². The van der Waals surface area contributed by atoms with E-state index in [1.165, 1.54) is 11.6 Å². The van der Waals surface area contributed by atoms with Crippen molar-refractivity contribution < 1.29 is 4.79 Å². The van der Waals surface area contributed by atoms with E-state index in [4.69, 9.17) is 11.6 Å². The molecule has 2 aromatic rings. The molecule has 0 bridgehead atoms. The molecular weight excluding hydrogens is 308 g/mol. The first kappa shape index (κ1) is 17.3. The summed E-state index contributed by atoms with van der Waals surface area (Å²) in [6.45, 7) is 1.01. The Hall–Kier alpha value is -2.10. The number of benzene rings is 2. The van der Waals surface area contributed by atoms with E-state index in [2.05, 4.69) is 24.3 Å². The molecule has 0 aliphatic carbocycles. The van der Waals surface area contributed by atoms with Crippen molar-refractivity contribution in [2.45, 2.75) is 6.42 Å². The third-order valence-electron chi connectivity index (χ3n) is 3.37. The highest BCUT2D eigenvalue weighted by molar-refractivity contribution is 6.30. The summed E-state index contributed by atoms with van der Waals surface area (Å²) < 4.78 is 0. The summed E-state index contributed by atoms with van der Waals surface area (Å²) in [7, 11) is 4.11. The van der Waals surface area contributed by atoms with Crippen molar-refractivity contribution in [3.8, 4) is 0 Å². The third kappa shape index (κ3) is 6.27. The van der Waals surface area contributed by atoms with Gasteiger partial charge in [0.2, 0.25) is 5.91 Å². The molecule has 4 heteroatoms. The maximum absolute atomic E-state index is 11.9. The van der Waals surface area contributed by atoms with E-state index < -0.39 is 0 Å². The van der Waals surface area contributed by atoms with Gasteiger partial charge in [-0.2, -0.15) is 0 Å². The molecule has 0 aliphatic rings. The largest absolute Gasteiger partial charge is 0.323 e. The van der Waals surface area contributed by atoms with Crippen molar-refractivity contribution in [1.82, 2.24) is 4.90 Å². The van der Waals surface area contributed by atoms with Gasteiger partial charge in [0.15, 0.2) is 0 Å². The molecule has 0 atom stereocenters. The molecule has 1 N–H and O–H groups in total. The van der Waals surface area contributed by atoms with Gasteiger partial charge in [-0.1, -0.05) is 35.9 Å². The van der Waals surface area contributed by atoms with E-state index in [-0.39, 0.29) is 5.91 Å². The molecule has 120 valence electrons. The Balaban J connectivity index is 1.88.